The fraction of sp³-hybridized carbons (Fsp3) is 0.417. The molecule has 0 saturated carbocycles. The molecule has 5 nitrogen and oxygen atoms in total. The van der Waals surface area contributed by atoms with Crippen LogP contribution in [0.4, 0.5) is 0 Å². The Labute approximate surface area is 99.6 Å². The predicted octanol–water partition coefficient (Wildman–Crippen LogP) is 0.514. The van der Waals surface area contributed by atoms with E-state index in [1.165, 1.54) is 7.11 Å². The summed E-state index contributed by atoms with van der Waals surface area (Å²) in [7, 11) is 1.32. The van der Waals surface area contributed by atoms with Crippen LogP contribution in [0.2, 0.25) is 0 Å². The smallest absolute Gasteiger partial charge is 0.338 e. The van der Waals surface area contributed by atoms with Gasteiger partial charge in [-0.2, -0.15) is 0 Å². The van der Waals surface area contributed by atoms with Gasteiger partial charge >= 0.3 is 5.97 Å². The van der Waals surface area contributed by atoms with Crippen molar-refractivity contribution < 1.29 is 24.5 Å². The zero-order valence-electron chi connectivity index (χ0n) is 9.84. The Hall–Kier alpha value is -1.59. The van der Waals surface area contributed by atoms with Crippen molar-refractivity contribution in [1.29, 1.82) is 0 Å². The number of aryl methyl sites for hydroxylation is 1. The summed E-state index contributed by atoms with van der Waals surface area (Å²) in [6, 6.07) is 4.84. The number of hydrogen-bond donors (Lipinski definition) is 2. The predicted molar refractivity (Wildman–Crippen MR) is 61.1 cm³/mol. The minimum absolute atomic E-state index is 0.270. The molecule has 0 fully saturated rings. The second-order valence-corrected chi connectivity index (χ2v) is 3.57. The molecule has 0 bridgehead atoms. The largest absolute Gasteiger partial charge is 0.486 e. The van der Waals surface area contributed by atoms with Crippen LogP contribution in [0.5, 0.6) is 5.75 Å². The van der Waals surface area contributed by atoms with E-state index in [0.29, 0.717) is 16.9 Å². The van der Waals surface area contributed by atoms with E-state index in [2.05, 4.69) is 4.74 Å². The summed E-state index contributed by atoms with van der Waals surface area (Å²) in [6.45, 7) is 1.22. The number of carbonyl (C=O) groups excluding carboxylic acids is 1. The molecule has 0 spiro atoms. The Morgan fingerprint density at radius 3 is 2.47 bits per heavy atom. The van der Waals surface area contributed by atoms with E-state index in [1.807, 2.05) is 0 Å². The van der Waals surface area contributed by atoms with E-state index in [-0.39, 0.29) is 13.2 Å². The number of rotatable bonds is 5. The molecule has 2 N–H and O–H groups in total. The first-order valence-corrected chi connectivity index (χ1v) is 5.19. The second kappa shape index (κ2) is 6.22. The Morgan fingerprint density at radius 2 is 2.00 bits per heavy atom. The van der Waals surface area contributed by atoms with Crippen LogP contribution in [0.25, 0.3) is 0 Å². The van der Waals surface area contributed by atoms with Crippen LogP contribution in [0.15, 0.2) is 18.2 Å². The minimum atomic E-state index is -0.654. The molecule has 17 heavy (non-hydrogen) atoms. The van der Waals surface area contributed by atoms with Gasteiger partial charge in [-0.1, -0.05) is 0 Å². The maximum atomic E-state index is 11.3. The van der Waals surface area contributed by atoms with Gasteiger partial charge in [0, 0.05) is 0 Å². The molecule has 0 aliphatic rings. The van der Waals surface area contributed by atoms with E-state index in [0.717, 1.165) is 0 Å². The van der Waals surface area contributed by atoms with Crippen molar-refractivity contribution in [3.8, 4) is 5.75 Å². The van der Waals surface area contributed by atoms with Gasteiger partial charge in [0.15, 0.2) is 0 Å². The van der Waals surface area contributed by atoms with Crippen molar-refractivity contribution in [2.45, 2.75) is 13.0 Å². The third-order valence-corrected chi connectivity index (χ3v) is 2.31. The highest BCUT2D eigenvalue weighted by atomic mass is 16.5. The highest BCUT2D eigenvalue weighted by molar-refractivity contribution is 5.91. The van der Waals surface area contributed by atoms with Crippen LogP contribution >= 0.6 is 0 Å². The van der Waals surface area contributed by atoms with Gasteiger partial charge in [-0.05, 0) is 30.7 Å². The first-order valence-electron chi connectivity index (χ1n) is 5.19. The van der Waals surface area contributed by atoms with E-state index in [4.69, 9.17) is 14.9 Å². The summed E-state index contributed by atoms with van der Waals surface area (Å²) >= 11 is 0. The van der Waals surface area contributed by atoms with E-state index in [9.17, 15) is 4.79 Å². The molecular formula is C12H16O5. The first kappa shape index (κ1) is 13.5. The van der Waals surface area contributed by atoms with Crippen LogP contribution in [0.1, 0.15) is 15.9 Å². The Balaban J connectivity index is 2.85. The molecule has 94 valence electrons. The van der Waals surface area contributed by atoms with Crippen molar-refractivity contribution in [2.75, 3.05) is 20.3 Å². The Kier molecular flexibility index (Phi) is 4.93. The lowest BCUT2D eigenvalue weighted by atomic mass is 10.1. The Bertz CT molecular complexity index is 384. The van der Waals surface area contributed by atoms with Crippen LogP contribution in [0, 0.1) is 6.92 Å². The molecule has 0 aliphatic carbocycles. The van der Waals surface area contributed by atoms with Crippen molar-refractivity contribution in [1.82, 2.24) is 0 Å². The molecule has 0 saturated heterocycles. The van der Waals surface area contributed by atoms with Crippen LogP contribution in [-0.4, -0.2) is 42.6 Å². The number of benzene rings is 1. The molecule has 0 atom stereocenters. The van der Waals surface area contributed by atoms with E-state index >= 15 is 0 Å². The van der Waals surface area contributed by atoms with Gasteiger partial charge in [0.1, 0.15) is 11.9 Å². The number of aliphatic hydroxyl groups excluding tert-OH is 2. The zero-order valence-corrected chi connectivity index (χ0v) is 9.84. The summed E-state index contributed by atoms with van der Waals surface area (Å²) in [5.74, 6) is 0.0816. The van der Waals surface area contributed by atoms with Gasteiger partial charge < -0.3 is 19.7 Å². The minimum Gasteiger partial charge on any atom is -0.486 e. The molecular weight excluding hydrogens is 224 g/mol. The second-order valence-electron chi connectivity index (χ2n) is 3.57. The number of methoxy groups -OCH3 is 1. The molecule has 1 rings (SSSR count). The summed E-state index contributed by atoms with van der Waals surface area (Å²) in [5, 5.41) is 17.8. The van der Waals surface area contributed by atoms with Crippen LogP contribution < -0.4 is 4.74 Å². The first-order chi connectivity index (χ1) is 8.12. The Morgan fingerprint density at radius 1 is 1.35 bits per heavy atom. The summed E-state index contributed by atoms with van der Waals surface area (Å²) < 4.78 is 9.93. The van der Waals surface area contributed by atoms with Gasteiger partial charge in [0.25, 0.3) is 0 Å². The monoisotopic (exact) mass is 240 g/mol. The molecule has 0 radical (unpaired) electrons. The molecule has 0 unspecified atom stereocenters. The number of aliphatic hydroxyl groups is 2. The summed E-state index contributed by atoms with van der Waals surface area (Å²) in [6.07, 6.45) is -0.654. The third kappa shape index (κ3) is 3.44. The van der Waals surface area contributed by atoms with Gasteiger partial charge in [0.05, 0.1) is 25.9 Å². The normalized spacial score (nSPS) is 10.4. The van der Waals surface area contributed by atoms with Crippen molar-refractivity contribution in [3.63, 3.8) is 0 Å². The summed E-state index contributed by atoms with van der Waals surface area (Å²) in [4.78, 5) is 11.3. The fourth-order valence-corrected chi connectivity index (χ4v) is 1.37. The molecule has 1 aromatic carbocycles. The number of carbonyl (C=O) groups is 1. The topological polar surface area (TPSA) is 76.0 Å². The van der Waals surface area contributed by atoms with E-state index in [1.54, 1.807) is 25.1 Å². The summed E-state index contributed by atoms with van der Waals surface area (Å²) in [5.41, 5.74) is 1.17. The lowest BCUT2D eigenvalue weighted by Gasteiger charge is -2.15. The fourth-order valence-electron chi connectivity index (χ4n) is 1.37. The molecule has 0 heterocycles. The van der Waals surface area contributed by atoms with E-state index < -0.39 is 12.1 Å². The van der Waals surface area contributed by atoms with Crippen LogP contribution in [0.3, 0.4) is 0 Å². The standard InChI is InChI=1S/C12H16O5/c1-8-5-9(17-10(6-13)7-14)3-4-11(8)12(15)16-2/h3-5,10,13-14H,6-7H2,1-2H3. The molecule has 0 aliphatic heterocycles. The molecule has 1 aromatic rings. The maximum absolute atomic E-state index is 11.3. The molecule has 0 amide bonds. The maximum Gasteiger partial charge on any atom is 0.338 e. The molecule has 5 heteroatoms. The average molecular weight is 240 g/mol. The number of ether oxygens (including phenoxy) is 2. The third-order valence-electron chi connectivity index (χ3n) is 2.31. The van der Waals surface area contributed by atoms with Crippen molar-refractivity contribution in [2.24, 2.45) is 0 Å². The zero-order chi connectivity index (χ0) is 12.8. The quantitative estimate of drug-likeness (QED) is 0.733. The van der Waals surface area contributed by atoms with Gasteiger partial charge in [-0.15, -0.1) is 0 Å². The highest BCUT2D eigenvalue weighted by Gasteiger charge is 2.12. The van der Waals surface area contributed by atoms with Gasteiger partial charge in [0.2, 0.25) is 0 Å². The van der Waals surface area contributed by atoms with Crippen molar-refractivity contribution in [3.05, 3.63) is 29.3 Å². The lowest BCUT2D eigenvalue weighted by molar-refractivity contribution is 0.0594. The average Bonchev–Trinajstić information content (AvgIpc) is 2.35. The SMILES string of the molecule is COC(=O)c1ccc(OC(CO)CO)cc1C. The highest BCUT2D eigenvalue weighted by Crippen LogP contribution is 2.19. The van der Waals surface area contributed by atoms with Gasteiger partial charge in [-0.25, -0.2) is 4.79 Å². The van der Waals surface area contributed by atoms with Gasteiger partial charge in [-0.3, -0.25) is 0 Å². The molecule has 0 aromatic heterocycles. The number of esters is 1. The van der Waals surface area contributed by atoms with Crippen LogP contribution in [-0.2, 0) is 4.74 Å². The lowest BCUT2D eigenvalue weighted by Crippen LogP contribution is -2.25. The van der Waals surface area contributed by atoms with Crippen molar-refractivity contribution >= 4 is 5.97 Å². The number of hydrogen-bond acceptors (Lipinski definition) is 5.